The lowest BCUT2D eigenvalue weighted by atomic mass is 9.85. The molecule has 2 heterocycles. The number of hydrogen-bond donors (Lipinski definition) is 0. The van der Waals surface area contributed by atoms with Crippen molar-refractivity contribution in [1.29, 1.82) is 0 Å². The lowest BCUT2D eigenvalue weighted by Gasteiger charge is -2.26. The van der Waals surface area contributed by atoms with Crippen molar-refractivity contribution in [1.82, 2.24) is 0 Å². The molecule has 6 nitrogen and oxygen atoms in total. The predicted octanol–water partition coefficient (Wildman–Crippen LogP) is 3.21. The Balaban J connectivity index is 1.67. The fourth-order valence-electron chi connectivity index (χ4n) is 3.99. The second kappa shape index (κ2) is 7.35. The summed E-state index contributed by atoms with van der Waals surface area (Å²) in [5, 5.41) is 0. The van der Waals surface area contributed by atoms with Crippen LogP contribution in [0.15, 0.2) is 59.7 Å². The van der Waals surface area contributed by atoms with Crippen LogP contribution in [0.3, 0.4) is 0 Å². The molecule has 0 spiro atoms. The highest BCUT2D eigenvalue weighted by molar-refractivity contribution is 5.94. The van der Waals surface area contributed by atoms with Gasteiger partial charge in [-0.05, 0) is 38.1 Å². The number of benzene rings is 1. The van der Waals surface area contributed by atoms with Crippen LogP contribution in [0.25, 0.3) is 0 Å². The van der Waals surface area contributed by atoms with Gasteiger partial charge in [-0.1, -0.05) is 29.8 Å². The van der Waals surface area contributed by atoms with E-state index in [9.17, 15) is 14.4 Å². The van der Waals surface area contributed by atoms with Crippen LogP contribution >= 0.6 is 0 Å². The number of hydrogen-bond acceptors (Lipinski definition) is 6. The largest absolute Gasteiger partial charge is 0.458 e. The highest BCUT2D eigenvalue weighted by Crippen LogP contribution is 2.38. The quantitative estimate of drug-likeness (QED) is 0.332. The SMILES string of the molecule is C=C1C(=O)OC2CC3=C[C@@H](C/C(C)=C/C(OC(=O)c4ccc(C)cc4)[C@H]12)OC3=O. The fraction of sp³-hybridized carbons (Fsp3) is 0.348. The Morgan fingerprint density at radius 1 is 1.03 bits per heavy atom. The fourth-order valence-corrected chi connectivity index (χ4v) is 3.99. The standard InChI is InChI=1S/C23H22O6/c1-12-4-6-15(7-5-12)22(25)29-18-9-13(2)8-17-10-16(23(26)27-17)11-19-20(18)14(3)21(24)28-19/h4-7,9-10,17-20H,3,8,11H2,1-2H3/b13-9+/t17-,18?,19?,20+/m1/s1. The Morgan fingerprint density at radius 2 is 1.76 bits per heavy atom. The molecule has 150 valence electrons. The lowest BCUT2D eigenvalue weighted by Crippen LogP contribution is -2.33. The second-order valence-electron chi connectivity index (χ2n) is 7.79. The molecule has 0 aromatic heterocycles. The normalized spacial score (nSPS) is 30.5. The van der Waals surface area contributed by atoms with Crippen LogP contribution < -0.4 is 0 Å². The van der Waals surface area contributed by atoms with E-state index in [4.69, 9.17) is 14.2 Å². The summed E-state index contributed by atoms with van der Waals surface area (Å²) in [6, 6.07) is 7.08. The number of aryl methyl sites for hydroxylation is 1. The molecule has 4 rings (SSSR count). The molecule has 2 aliphatic heterocycles. The topological polar surface area (TPSA) is 78.9 Å². The summed E-state index contributed by atoms with van der Waals surface area (Å²) in [6.45, 7) is 7.68. The van der Waals surface area contributed by atoms with Gasteiger partial charge in [0.2, 0.25) is 0 Å². The minimum atomic E-state index is -0.735. The minimum absolute atomic E-state index is 0.205. The minimum Gasteiger partial charge on any atom is -0.458 e. The average Bonchev–Trinajstić information content (AvgIpc) is 3.13. The van der Waals surface area contributed by atoms with Crippen molar-refractivity contribution < 1.29 is 28.6 Å². The zero-order valence-corrected chi connectivity index (χ0v) is 16.3. The summed E-state index contributed by atoms with van der Waals surface area (Å²) in [6.07, 6.45) is 2.54. The summed E-state index contributed by atoms with van der Waals surface area (Å²) in [5.41, 5.74) is 3.06. The molecule has 1 aliphatic carbocycles. The van der Waals surface area contributed by atoms with Gasteiger partial charge in [0.1, 0.15) is 18.3 Å². The molecule has 1 fully saturated rings. The molecule has 3 aliphatic rings. The third kappa shape index (κ3) is 3.75. The van der Waals surface area contributed by atoms with Gasteiger partial charge < -0.3 is 14.2 Å². The molecule has 1 saturated heterocycles. The molecule has 0 saturated carbocycles. The van der Waals surface area contributed by atoms with Crippen LogP contribution in [0.4, 0.5) is 0 Å². The van der Waals surface area contributed by atoms with Crippen molar-refractivity contribution in [3.05, 3.63) is 70.8 Å². The predicted molar refractivity (Wildman–Crippen MR) is 104 cm³/mol. The monoisotopic (exact) mass is 394 g/mol. The van der Waals surface area contributed by atoms with Crippen LogP contribution in [-0.4, -0.2) is 36.2 Å². The molecule has 4 atom stereocenters. The maximum Gasteiger partial charge on any atom is 0.338 e. The van der Waals surface area contributed by atoms with E-state index in [1.165, 1.54) is 0 Å². The van der Waals surface area contributed by atoms with Gasteiger partial charge in [-0.25, -0.2) is 14.4 Å². The van der Waals surface area contributed by atoms with Crippen LogP contribution in [0.5, 0.6) is 0 Å². The van der Waals surface area contributed by atoms with Crippen molar-refractivity contribution in [2.75, 3.05) is 0 Å². The van der Waals surface area contributed by atoms with Crippen molar-refractivity contribution in [3.63, 3.8) is 0 Å². The number of carbonyl (C=O) groups is 3. The zero-order valence-electron chi connectivity index (χ0n) is 16.3. The van der Waals surface area contributed by atoms with Crippen molar-refractivity contribution in [2.45, 2.75) is 45.0 Å². The first-order valence-electron chi connectivity index (χ1n) is 9.58. The molecule has 2 unspecified atom stereocenters. The molecule has 0 radical (unpaired) electrons. The highest BCUT2D eigenvalue weighted by atomic mass is 16.6. The molecular weight excluding hydrogens is 372 g/mol. The van der Waals surface area contributed by atoms with Gasteiger partial charge in [0.15, 0.2) is 0 Å². The number of carbonyl (C=O) groups excluding carboxylic acids is 3. The average molecular weight is 394 g/mol. The molecule has 0 amide bonds. The van der Waals surface area contributed by atoms with E-state index >= 15 is 0 Å². The molecule has 2 bridgehead atoms. The Kier molecular flexibility index (Phi) is 4.86. The van der Waals surface area contributed by atoms with Gasteiger partial charge in [0, 0.05) is 24.0 Å². The number of ether oxygens (including phenoxy) is 3. The number of fused-ring (bicyclic) bond motifs is 2. The molecule has 1 aromatic carbocycles. The van der Waals surface area contributed by atoms with Gasteiger partial charge in [-0.15, -0.1) is 0 Å². The van der Waals surface area contributed by atoms with Gasteiger partial charge in [-0.3, -0.25) is 0 Å². The van der Waals surface area contributed by atoms with Crippen LogP contribution in [0.1, 0.15) is 35.7 Å². The number of rotatable bonds is 2. The van der Waals surface area contributed by atoms with Crippen molar-refractivity contribution in [3.8, 4) is 0 Å². The van der Waals surface area contributed by atoms with Crippen molar-refractivity contribution >= 4 is 17.9 Å². The zero-order chi connectivity index (χ0) is 20.7. The van der Waals surface area contributed by atoms with E-state index in [-0.39, 0.29) is 18.1 Å². The number of esters is 3. The molecule has 29 heavy (non-hydrogen) atoms. The first kappa shape index (κ1) is 19.2. The van der Waals surface area contributed by atoms with Gasteiger partial charge in [-0.2, -0.15) is 0 Å². The van der Waals surface area contributed by atoms with E-state index in [0.717, 1.165) is 11.1 Å². The third-order valence-corrected chi connectivity index (χ3v) is 5.51. The summed E-state index contributed by atoms with van der Waals surface area (Å²) in [4.78, 5) is 37.1. The van der Waals surface area contributed by atoms with Gasteiger partial charge >= 0.3 is 17.9 Å². The van der Waals surface area contributed by atoms with E-state index in [1.54, 1.807) is 18.2 Å². The summed E-state index contributed by atoms with van der Waals surface area (Å²) in [5.74, 6) is -2.00. The van der Waals surface area contributed by atoms with E-state index in [0.29, 0.717) is 17.6 Å². The molecule has 1 aromatic rings. The van der Waals surface area contributed by atoms with Crippen LogP contribution in [0.2, 0.25) is 0 Å². The second-order valence-corrected chi connectivity index (χ2v) is 7.79. The smallest absolute Gasteiger partial charge is 0.338 e. The van der Waals surface area contributed by atoms with E-state index in [1.807, 2.05) is 32.1 Å². The van der Waals surface area contributed by atoms with E-state index < -0.39 is 36.0 Å². The summed E-state index contributed by atoms with van der Waals surface area (Å²) in [7, 11) is 0. The summed E-state index contributed by atoms with van der Waals surface area (Å²) >= 11 is 0. The van der Waals surface area contributed by atoms with Crippen LogP contribution in [-0.2, 0) is 23.8 Å². The Labute approximate surface area is 168 Å². The van der Waals surface area contributed by atoms with Crippen molar-refractivity contribution in [2.24, 2.45) is 5.92 Å². The maximum absolute atomic E-state index is 12.8. The Bertz CT molecular complexity index is 952. The van der Waals surface area contributed by atoms with Gasteiger partial charge in [0.05, 0.1) is 11.5 Å². The lowest BCUT2D eigenvalue weighted by molar-refractivity contribution is -0.142. The third-order valence-electron chi connectivity index (χ3n) is 5.51. The molecular formula is C23H22O6. The first-order valence-corrected chi connectivity index (χ1v) is 9.58. The Hall–Kier alpha value is -3.15. The first-order chi connectivity index (χ1) is 13.8. The van der Waals surface area contributed by atoms with Crippen LogP contribution in [0, 0.1) is 12.8 Å². The highest BCUT2D eigenvalue weighted by Gasteiger charge is 2.46. The maximum atomic E-state index is 12.8. The summed E-state index contributed by atoms with van der Waals surface area (Å²) < 4.78 is 16.7. The molecule has 6 heteroatoms. The van der Waals surface area contributed by atoms with Gasteiger partial charge in [0.25, 0.3) is 0 Å². The Morgan fingerprint density at radius 3 is 2.48 bits per heavy atom. The molecule has 0 N–H and O–H groups in total. The van der Waals surface area contributed by atoms with E-state index in [2.05, 4.69) is 6.58 Å².